The first-order chi connectivity index (χ1) is 14.6. The van der Waals surface area contributed by atoms with Crippen LogP contribution in [0.4, 0.5) is 0 Å². The number of amides is 1. The monoisotopic (exact) mass is 491 g/mol. The van der Waals surface area contributed by atoms with Gasteiger partial charge in [-0.1, -0.05) is 51.1 Å². The van der Waals surface area contributed by atoms with Crippen LogP contribution >= 0.6 is 0 Å². The number of aliphatic hydroxyl groups excluding tert-OH is 1. The van der Waals surface area contributed by atoms with Crippen molar-refractivity contribution in [3.05, 3.63) is 35.9 Å². The van der Waals surface area contributed by atoms with Gasteiger partial charge >= 0.3 is 0 Å². The number of aliphatic hydroxyl groups is 1. The van der Waals surface area contributed by atoms with Gasteiger partial charge in [0.1, 0.15) is 0 Å². The topological polar surface area (TPSA) is 124 Å². The Hall–Kier alpha value is -1.53. The van der Waals surface area contributed by atoms with Crippen LogP contribution in [0.5, 0.6) is 0 Å². The highest BCUT2D eigenvalue weighted by Crippen LogP contribution is 2.13. The zero-order valence-corrected chi connectivity index (χ0v) is 21.4. The van der Waals surface area contributed by atoms with E-state index in [4.69, 9.17) is 0 Å². The molecule has 0 fully saturated rings. The van der Waals surface area contributed by atoms with Crippen molar-refractivity contribution in [2.24, 2.45) is 11.8 Å². The smallest absolute Gasteiger partial charge is 0.224 e. The van der Waals surface area contributed by atoms with E-state index < -0.39 is 44.0 Å². The number of hydrogen-bond donors (Lipinski definition) is 2. The summed E-state index contributed by atoms with van der Waals surface area (Å²) in [6.45, 7) is 5.31. The summed E-state index contributed by atoms with van der Waals surface area (Å²) < 4.78 is 50.9. The lowest BCUT2D eigenvalue weighted by atomic mass is 10.00. The summed E-state index contributed by atoms with van der Waals surface area (Å²) in [5.74, 6) is -1.70. The van der Waals surface area contributed by atoms with Crippen molar-refractivity contribution in [2.45, 2.75) is 39.3 Å². The highest BCUT2D eigenvalue weighted by atomic mass is 32.2. The highest BCUT2D eigenvalue weighted by Gasteiger charge is 2.30. The fourth-order valence-electron chi connectivity index (χ4n) is 3.11. The van der Waals surface area contributed by atoms with Crippen molar-refractivity contribution >= 4 is 26.0 Å². The Morgan fingerprint density at radius 2 is 1.59 bits per heavy atom. The summed E-state index contributed by atoms with van der Waals surface area (Å²) >= 11 is 0. The lowest BCUT2D eigenvalue weighted by Crippen LogP contribution is -2.52. The van der Waals surface area contributed by atoms with E-state index in [-0.39, 0.29) is 31.2 Å². The van der Waals surface area contributed by atoms with Crippen LogP contribution < -0.4 is 5.32 Å². The fraction of sp³-hybridized carbons (Fsp3) is 0.667. The third-order valence-corrected chi connectivity index (χ3v) is 8.25. The average molecular weight is 492 g/mol. The molecule has 1 rings (SSSR count). The molecule has 0 aliphatic rings. The van der Waals surface area contributed by atoms with Crippen LogP contribution in [0.3, 0.4) is 0 Å². The van der Waals surface area contributed by atoms with Crippen molar-refractivity contribution in [1.82, 2.24) is 13.9 Å². The van der Waals surface area contributed by atoms with Crippen LogP contribution in [0.2, 0.25) is 0 Å². The number of benzene rings is 1. The molecule has 32 heavy (non-hydrogen) atoms. The van der Waals surface area contributed by atoms with Crippen molar-refractivity contribution in [2.75, 3.05) is 39.2 Å². The summed E-state index contributed by atoms with van der Waals surface area (Å²) in [6, 6.07) is 8.38. The van der Waals surface area contributed by atoms with E-state index >= 15 is 0 Å². The summed E-state index contributed by atoms with van der Waals surface area (Å²) in [5.41, 5.74) is 0.847. The molecule has 0 spiro atoms. The first-order valence-corrected chi connectivity index (χ1v) is 14.0. The summed E-state index contributed by atoms with van der Waals surface area (Å²) in [5, 5.41) is 13.7. The Morgan fingerprint density at radius 3 is 2.06 bits per heavy atom. The molecule has 3 atom stereocenters. The molecule has 0 aromatic heterocycles. The van der Waals surface area contributed by atoms with Gasteiger partial charge in [-0.3, -0.25) is 4.79 Å². The van der Waals surface area contributed by atoms with Gasteiger partial charge in [0.05, 0.1) is 30.1 Å². The minimum Gasteiger partial charge on any atom is -0.390 e. The molecule has 1 aromatic rings. The maximum Gasteiger partial charge on any atom is 0.224 e. The number of nitrogens with one attached hydrogen (secondary N) is 1. The fourth-order valence-corrected chi connectivity index (χ4v) is 5.18. The van der Waals surface area contributed by atoms with Crippen LogP contribution in [-0.4, -0.2) is 87.8 Å². The molecule has 0 aliphatic carbocycles. The van der Waals surface area contributed by atoms with E-state index in [1.54, 1.807) is 0 Å². The van der Waals surface area contributed by atoms with Crippen molar-refractivity contribution in [3.63, 3.8) is 0 Å². The van der Waals surface area contributed by atoms with Gasteiger partial charge in [0, 0.05) is 27.2 Å². The zero-order valence-electron chi connectivity index (χ0n) is 19.7. The van der Waals surface area contributed by atoms with Crippen LogP contribution in [0.25, 0.3) is 0 Å². The zero-order chi connectivity index (χ0) is 24.7. The minimum atomic E-state index is -3.59. The van der Waals surface area contributed by atoms with Crippen molar-refractivity contribution in [1.29, 1.82) is 0 Å². The Morgan fingerprint density at radius 1 is 1.03 bits per heavy atom. The van der Waals surface area contributed by atoms with Gasteiger partial charge in [-0.05, 0) is 17.9 Å². The molecule has 0 saturated heterocycles. The Bertz CT molecular complexity index is 934. The van der Waals surface area contributed by atoms with E-state index in [1.165, 1.54) is 25.3 Å². The molecular weight excluding hydrogens is 454 g/mol. The molecule has 0 bridgehead atoms. The molecule has 0 aliphatic heterocycles. The number of rotatable bonds is 13. The molecule has 2 N–H and O–H groups in total. The van der Waals surface area contributed by atoms with E-state index in [9.17, 15) is 26.7 Å². The van der Waals surface area contributed by atoms with Gasteiger partial charge in [0.2, 0.25) is 26.0 Å². The second kappa shape index (κ2) is 12.1. The molecule has 184 valence electrons. The standard InChI is InChI=1S/C21H37N3O6S2/c1-16(2)13-24(31(6,27)28)14-20(25)19(12-18-10-8-7-9-11-18)22-21(26)17(3)15-32(29,30)23(4)5/h7-11,16-17,19-20,25H,12-15H2,1-6H3,(H,22,26). The maximum atomic E-state index is 12.8. The molecule has 1 amide bonds. The summed E-state index contributed by atoms with van der Waals surface area (Å²) in [7, 11) is -4.35. The van der Waals surface area contributed by atoms with Crippen LogP contribution in [0, 0.1) is 11.8 Å². The van der Waals surface area contributed by atoms with Crippen LogP contribution in [-0.2, 0) is 31.3 Å². The molecule has 3 unspecified atom stereocenters. The molecule has 11 heteroatoms. The third kappa shape index (κ3) is 9.53. The van der Waals surface area contributed by atoms with E-state index in [0.717, 1.165) is 16.1 Å². The first kappa shape index (κ1) is 28.5. The van der Waals surface area contributed by atoms with Gasteiger partial charge in [-0.25, -0.2) is 21.1 Å². The third-order valence-electron chi connectivity index (χ3n) is 4.98. The van der Waals surface area contributed by atoms with Crippen LogP contribution in [0.1, 0.15) is 26.3 Å². The quantitative estimate of drug-likeness (QED) is 0.415. The minimum absolute atomic E-state index is 0.0513. The Balaban J connectivity index is 3.07. The lowest BCUT2D eigenvalue weighted by molar-refractivity contribution is -0.125. The molecule has 0 saturated carbocycles. The number of carbonyl (C=O) groups is 1. The van der Waals surface area contributed by atoms with E-state index in [1.807, 2.05) is 44.2 Å². The van der Waals surface area contributed by atoms with Gasteiger partial charge < -0.3 is 10.4 Å². The predicted octanol–water partition coefficient (Wildman–Crippen LogP) is 0.520. The average Bonchev–Trinajstić information content (AvgIpc) is 2.66. The van der Waals surface area contributed by atoms with Crippen molar-refractivity contribution < 1.29 is 26.7 Å². The molecule has 0 radical (unpaired) electrons. The lowest BCUT2D eigenvalue weighted by Gasteiger charge is -2.30. The first-order valence-electron chi connectivity index (χ1n) is 10.5. The second-order valence-electron chi connectivity index (χ2n) is 8.81. The summed E-state index contributed by atoms with van der Waals surface area (Å²) in [4.78, 5) is 12.8. The molecular formula is C21H37N3O6S2. The SMILES string of the molecule is CC(C)CN(CC(O)C(Cc1ccccc1)NC(=O)C(C)CS(=O)(=O)N(C)C)S(C)(=O)=O. The second-order valence-corrected chi connectivity index (χ2v) is 13.0. The van der Waals surface area contributed by atoms with Gasteiger partial charge in [0.25, 0.3) is 0 Å². The van der Waals surface area contributed by atoms with E-state index in [2.05, 4.69) is 5.32 Å². The number of sulfonamides is 2. The molecule has 1 aromatic carbocycles. The van der Waals surface area contributed by atoms with Gasteiger partial charge in [0.15, 0.2) is 0 Å². The normalized spacial score (nSPS) is 15.7. The van der Waals surface area contributed by atoms with Crippen LogP contribution in [0.15, 0.2) is 30.3 Å². The van der Waals surface area contributed by atoms with E-state index in [0.29, 0.717) is 0 Å². The predicted molar refractivity (Wildman–Crippen MR) is 126 cm³/mol. The van der Waals surface area contributed by atoms with Gasteiger partial charge in [-0.2, -0.15) is 4.31 Å². The Kier molecular flexibility index (Phi) is 10.8. The van der Waals surface area contributed by atoms with Gasteiger partial charge in [-0.15, -0.1) is 0 Å². The van der Waals surface area contributed by atoms with Crippen molar-refractivity contribution in [3.8, 4) is 0 Å². The number of hydrogen-bond acceptors (Lipinski definition) is 6. The Labute approximate surface area is 192 Å². The number of carbonyl (C=O) groups excluding carboxylic acids is 1. The number of nitrogens with zero attached hydrogens (tertiary/aromatic N) is 2. The largest absolute Gasteiger partial charge is 0.390 e. The molecule has 9 nitrogen and oxygen atoms in total. The molecule has 0 heterocycles. The summed E-state index contributed by atoms with van der Waals surface area (Å²) in [6.07, 6.45) is 0.159. The maximum absolute atomic E-state index is 12.8. The highest BCUT2D eigenvalue weighted by molar-refractivity contribution is 7.89.